The molecule has 1 aromatic rings. The highest BCUT2D eigenvalue weighted by Crippen LogP contribution is 2.16. The summed E-state index contributed by atoms with van der Waals surface area (Å²) in [5.41, 5.74) is 8.81. The molecule has 0 radical (unpaired) electrons. The van der Waals surface area contributed by atoms with Crippen molar-refractivity contribution >= 4 is 11.4 Å². The van der Waals surface area contributed by atoms with Crippen LogP contribution in [0.4, 0.5) is 11.4 Å². The van der Waals surface area contributed by atoms with Crippen LogP contribution >= 0.6 is 0 Å². The zero-order valence-electron chi connectivity index (χ0n) is 7.89. The molecule has 1 aromatic carbocycles. The number of hydrogen-bond acceptors (Lipinski definition) is 2. The van der Waals surface area contributed by atoms with Gasteiger partial charge in [-0.3, -0.25) is 0 Å². The van der Waals surface area contributed by atoms with Gasteiger partial charge in [0.15, 0.2) is 0 Å². The Balaban J connectivity index is 2.85. The molecule has 12 heavy (non-hydrogen) atoms. The van der Waals surface area contributed by atoms with E-state index in [1.807, 2.05) is 19.1 Å². The van der Waals surface area contributed by atoms with Gasteiger partial charge in [0.25, 0.3) is 0 Å². The molecule has 1 rings (SSSR count). The smallest absolute Gasteiger partial charge is 0.0365 e. The highest BCUT2D eigenvalue weighted by atomic mass is 14.9. The first-order valence-corrected chi connectivity index (χ1v) is 4.21. The van der Waals surface area contributed by atoms with Crippen LogP contribution in [-0.4, -0.2) is 6.04 Å². The van der Waals surface area contributed by atoms with Gasteiger partial charge in [0.2, 0.25) is 0 Å². The third-order valence-electron chi connectivity index (χ3n) is 1.56. The highest BCUT2D eigenvalue weighted by molar-refractivity contribution is 5.56. The fourth-order valence-electron chi connectivity index (χ4n) is 1.23. The molecule has 0 bridgehead atoms. The van der Waals surface area contributed by atoms with E-state index in [1.165, 1.54) is 5.56 Å². The molecular weight excluding hydrogens is 148 g/mol. The lowest BCUT2D eigenvalue weighted by Gasteiger charge is -2.11. The Hall–Kier alpha value is -1.18. The fraction of sp³-hybridized carbons (Fsp3) is 0.400. The standard InChI is InChI=1S/C10H16N2/c1-7(2)12-10-5-8(3)4-9(11)6-10/h4-7,12H,11H2,1-3H3. The quantitative estimate of drug-likeness (QED) is 0.659. The van der Waals surface area contributed by atoms with E-state index in [1.54, 1.807) is 0 Å². The molecule has 3 N–H and O–H groups in total. The second-order valence-electron chi connectivity index (χ2n) is 3.43. The Labute approximate surface area is 73.8 Å². The zero-order chi connectivity index (χ0) is 9.14. The lowest BCUT2D eigenvalue weighted by Crippen LogP contribution is -2.09. The van der Waals surface area contributed by atoms with Gasteiger partial charge in [-0.05, 0) is 44.5 Å². The second kappa shape index (κ2) is 3.48. The number of nitrogens with two attached hydrogens (primary N) is 1. The minimum Gasteiger partial charge on any atom is -0.399 e. The van der Waals surface area contributed by atoms with Gasteiger partial charge >= 0.3 is 0 Å². The molecule has 0 saturated carbocycles. The van der Waals surface area contributed by atoms with E-state index in [4.69, 9.17) is 5.73 Å². The monoisotopic (exact) mass is 164 g/mol. The molecule has 0 aliphatic carbocycles. The first-order valence-electron chi connectivity index (χ1n) is 4.21. The molecule has 0 fully saturated rings. The van der Waals surface area contributed by atoms with Crippen LogP contribution in [-0.2, 0) is 0 Å². The van der Waals surface area contributed by atoms with Gasteiger partial charge in [0, 0.05) is 17.4 Å². The molecule has 0 saturated heterocycles. The number of nitrogens with one attached hydrogen (secondary N) is 1. The Morgan fingerprint density at radius 2 is 1.92 bits per heavy atom. The van der Waals surface area contributed by atoms with Gasteiger partial charge in [0.05, 0.1) is 0 Å². The molecule has 0 aliphatic rings. The van der Waals surface area contributed by atoms with Gasteiger partial charge in [-0.2, -0.15) is 0 Å². The Bertz CT molecular complexity index is 246. The van der Waals surface area contributed by atoms with Crippen LogP contribution in [0.2, 0.25) is 0 Å². The summed E-state index contributed by atoms with van der Waals surface area (Å²) < 4.78 is 0. The van der Waals surface area contributed by atoms with Gasteiger partial charge in [-0.25, -0.2) is 0 Å². The summed E-state index contributed by atoms with van der Waals surface area (Å²) in [5.74, 6) is 0. The van der Waals surface area contributed by atoms with Crippen molar-refractivity contribution in [3.05, 3.63) is 23.8 Å². The summed E-state index contributed by atoms with van der Waals surface area (Å²) in [6, 6.07) is 6.46. The number of hydrogen-bond donors (Lipinski definition) is 2. The van der Waals surface area contributed by atoms with E-state index >= 15 is 0 Å². The largest absolute Gasteiger partial charge is 0.399 e. The number of nitrogen functional groups attached to an aromatic ring is 1. The molecule has 0 atom stereocenters. The SMILES string of the molecule is Cc1cc(N)cc(NC(C)C)c1. The number of anilines is 2. The maximum Gasteiger partial charge on any atom is 0.0365 e. The van der Waals surface area contributed by atoms with Crippen LogP contribution in [0.15, 0.2) is 18.2 Å². The van der Waals surface area contributed by atoms with Crippen molar-refractivity contribution in [1.82, 2.24) is 0 Å². The van der Waals surface area contributed by atoms with E-state index < -0.39 is 0 Å². The predicted molar refractivity (Wildman–Crippen MR) is 54.4 cm³/mol. The van der Waals surface area contributed by atoms with E-state index in [-0.39, 0.29) is 0 Å². The summed E-state index contributed by atoms with van der Waals surface area (Å²) >= 11 is 0. The van der Waals surface area contributed by atoms with Crippen LogP contribution in [0.25, 0.3) is 0 Å². The lowest BCUT2D eigenvalue weighted by atomic mass is 10.2. The van der Waals surface area contributed by atoms with E-state index in [0.717, 1.165) is 11.4 Å². The first kappa shape index (κ1) is 8.91. The summed E-state index contributed by atoms with van der Waals surface area (Å²) in [6.45, 7) is 6.26. The minimum absolute atomic E-state index is 0.450. The Morgan fingerprint density at radius 1 is 1.25 bits per heavy atom. The van der Waals surface area contributed by atoms with Crippen molar-refractivity contribution in [2.45, 2.75) is 26.8 Å². The van der Waals surface area contributed by atoms with Crippen molar-refractivity contribution in [3.8, 4) is 0 Å². The Kier molecular flexibility index (Phi) is 2.58. The molecule has 0 unspecified atom stereocenters. The molecule has 0 spiro atoms. The van der Waals surface area contributed by atoms with Crippen molar-refractivity contribution in [2.75, 3.05) is 11.1 Å². The lowest BCUT2D eigenvalue weighted by molar-refractivity contribution is 0.899. The summed E-state index contributed by atoms with van der Waals surface area (Å²) in [7, 11) is 0. The first-order chi connectivity index (χ1) is 5.58. The Morgan fingerprint density at radius 3 is 2.42 bits per heavy atom. The van der Waals surface area contributed by atoms with E-state index in [0.29, 0.717) is 6.04 Å². The van der Waals surface area contributed by atoms with Gasteiger partial charge in [0.1, 0.15) is 0 Å². The number of rotatable bonds is 2. The van der Waals surface area contributed by atoms with Crippen LogP contribution in [0.3, 0.4) is 0 Å². The second-order valence-corrected chi connectivity index (χ2v) is 3.43. The normalized spacial score (nSPS) is 10.3. The molecule has 0 aromatic heterocycles. The van der Waals surface area contributed by atoms with E-state index in [2.05, 4.69) is 25.2 Å². The third-order valence-corrected chi connectivity index (χ3v) is 1.56. The average Bonchev–Trinajstić information content (AvgIpc) is 1.81. The molecule has 66 valence electrons. The van der Waals surface area contributed by atoms with Gasteiger partial charge in [-0.1, -0.05) is 0 Å². The maximum absolute atomic E-state index is 5.70. The van der Waals surface area contributed by atoms with Crippen LogP contribution in [0.5, 0.6) is 0 Å². The molecule has 2 heteroatoms. The van der Waals surface area contributed by atoms with Crippen molar-refractivity contribution in [2.24, 2.45) is 0 Å². The van der Waals surface area contributed by atoms with Gasteiger partial charge in [-0.15, -0.1) is 0 Å². The average molecular weight is 164 g/mol. The maximum atomic E-state index is 5.70. The fourth-order valence-corrected chi connectivity index (χ4v) is 1.23. The van der Waals surface area contributed by atoms with Crippen molar-refractivity contribution in [3.63, 3.8) is 0 Å². The molecular formula is C10H16N2. The highest BCUT2D eigenvalue weighted by Gasteiger charge is 1.96. The topological polar surface area (TPSA) is 38.0 Å². The molecule has 0 heterocycles. The van der Waals surface area contributed by atoms with Crippen LogP contribution < -0.4 is 11.1 Å². The number of benzene rings is 1. The van der Waals surface area contributed by atoms with Crippen LogP contribution in [0.1, 0.15) is 19.4 Å². The van der Waals surface area contributed by atoms with Crippen molar-refractivity contribution < 1.29 is 0 Å². The third kappa shape index (κ3) is 2.46. The number of aryl methyl sites for hydroxylation is 1. The van der Waals surface area contributed by atoms with Gasteiger partial charge < -0.3 is 11.1 Å². The molecule has 2 nitrogen and oxygen atoms in total. The zero-order valence-corrected chi connectivity index (χ0v) is 7.89. The van der Waals surface area contributed by atoms with Crippen LogP contribution in [0, 0.1) is 6.92 Å². The molecule has 0 aliphatic heterocycles. The summed E-state index contributed by atoms with van der Waals surface area (Å²) in [4.78, 5) is 0. The van der Waals surface area contributed by atoms with E-state index in [9.17, 15) is 0 Å². The predicted octanol–water partition coefficient (Wildman–Crippen LogP) is 2.40. The molecule has 0 amide bonds. The summed E-state index contributed by atoms with van der Waals surface area (Å²) in [6.07, 6.45) is 0. The van der Waals surface area contributed by atoms with Crippen molar-refractivity contribution in [1.29, 1.82) is 0 Å². The minimum atomic E-state index is 0.450. The summed E-state index contributed by atoms with van der Waals surface area (Å²) in [5, 5.41) is 3.31.